The molecule has 19 heteroatoms. The van der Waals surface area contributed by atoms with Crippen molar-refractivity contribution >= 4 is 28.1 Å². The molecule has 5 atom stereocenters. The van der Waals surface area contributed by atoms with Crippen molar-refractivity contribution in [1.29, 1.82) is 5.26 Å². The van der Waals surface area contributed by atoms with Crippen LogP contribution in [0.2, 0.25) is 0 Å². The molecule has 0 aliphatic carbocycles. The van der Waals surface area contributed by atoms with Gasteiger partial charge in [0.15, 0.2) is 6.23 Å². The van der Waals surface area contributed by atoms with E-state index in [-0.39, 0.29) is 25.1 Å². The van der Waals surface area contributed by atoms with Crippen LogP contribution in [-0.2, 0) is 51.2 Å². The molecular formula is C32H52N4O13P2. The van der Waals surface area contributed by atoms with Crippen LogP contribution in [0.5, 0.6) is 0 Å². The van der Waals surface area contributed by atoms with E-state index in [1.54, 1.807) is 41.5 Å². The third-order valence-electron chi connectivity index (χ3n) is 7.03. The van der Waals surface area contributed by atoms with Gasteiger partial charge in [-0.05, 0) is 75.3 Å². The third kappa shape index (κ3) is 13.3. The average Bonchev–Trinajstić information content (AvgIpc) is 3.35. The summed E-state index contributed by atoms with van der Waals surface area (Å²) in [7, 11) is -4.86. The maximum atomic E-state index is 14.0. The smallest absolute Gasteiger partial charge is 0.359 e. The molecule has 0 saturated carbocycles. The summed E-state index contributed by atoms with van der Waals surface area (Å²) in [4.78, 5) is 51.6. The van der Waals surface area contributed by atoms with Crippen LogP contribution in [0, 0.1) is 22.2 Å². The Kier molecular flexibility index (Phi) is 16.8. The Hall–Kier alpha value is -2.77. The summed E-state index contributed by atoms with van der Waals surface area (Å²) in [6.07, 6.45) is -1.70. The molecule has 1 aromatic heterocycles. The predicted molar refractivity (Wildman–Crippen MR) is 186 cm³/mol. The highest BCUT2D eigenvalue weighted by Gasteiger charge is 2.49. The van der Waals surface area contributed by atoms with Crippen molar-refractivity contribution in [3.8, 4) is 6.07 Å². The molecule has 0 aromatic carbocycles. The highest BCUT2D eigenvalue weighted by Crippen LogP contribution is 2.53. The van der Waals surface area contributed by atoms with Crippen LogP contribution >= 0.6 is 16.1 Å². The van der Waals surface area contributed by atoms with Crippen LogP contribution in [0.4, 0.5) is 0 Å². The summed E-state index contributed by atoms with van der Waals surface area (Å²) in [6.45, 7) is 16.1. The number of methoxy groups -OCH3 is 1. The lowest BCUT2D eigenvalue weighted by Crippen LogP contribution is -2.41. The molecule has 288 valence electrons. The number of nitrogens with zero attached hydrogens (tertiary/aromatic N) is 3. The number of carbonyl (C=O) groups excluding carboxylic acids is 2. The van der Waals surface area contributed by atoms with Gasteiger partial charge in [-0.3, -0.25) is 37.5 Å². The fourth-order valence-electron chi connectivity index (χ4n) is 4.49. The standard InChI is InChI=1S/C32H52N4O13P2/c1-21(2)36(22(3)4)50(45-17-12-15-33)49-25-23(48-27(26(25)42-11)35-16-13-24(37)34-30(35)40)14-18-51(41,46-19-43-28(38)31(5,6)7)47-20-44-29(39)32(8,9)10/h13-14,16,18,21-23,25-27H,12,17,19-20H2,1-11H3,(H,34,37,40)/t23-,25-,26-,27-,50?/m1/s1. The topological polar surface area (TPSA) is 207 Å². The minimum Gasteiger partial charge on any atom is -0.438 e. The third-order valence-corrected chi connectivity index (χ3v) is 10.6. The van der Waals surface area contributed by atoms with Crippen molar-refractivity contribution in [1.82, 2.24) is 14.2 Å². The monoisotopic (exact) mass is 762 g/mol. The number of hydrogen-bond acceptors (Lipinski definition) is 15. The quantitative estimate of drug-likeness (QED) is 0.0909. The Bertz CT molecular complexity index is 1500. The summed E-state index contributed by atoms with van der Waals surface area (Å²) in [5, 5.41) is 9.17. The SMILES string of the molecule is CO[C@@H]1[C@H](OP(OCCC#N)N(C(C)C)C(C)C)[C@@H](C=CP(=O)(OCOC(=O)C(C)(C)C)OCOC(=O)C(C)(C)C)O[C@H]1n1ccc(=O)[nH]c1=O. The zero-order chi connectivity index (χ0) is 38.7. The number of aromatic nitrogens is 2. The van der Waals surface area contributed by atoms with Gasteiger partial charge in [-0.2, -0.15) is 5.26 Å². The van der Waals surface area contributed by atoms with Gasteiger partial charge in [-0.1, -0.05) is 0 Å². The van der Waals surface area contributed by atoms with Crippen molar-refractivity contribution in [2.24, 2.45) is 10.8 Å². The first-order valence-corrected chi connectivity index (χ1v) is 19.1. The molecule has 1 aromatic rings. The van der Waals surface area contributed by atoms with Gasteiger partial charge < -0.3 is 28.0 Å². The fourth-order valence-corrected chi connectivity index (χ4v) is 7.27. The second kappa shape index (κ2) is 19.3. The lowest BCUT2D eigenvalue weighted by molar-refractivity contribution is -0.161. The van der Waals surface area contributed by atoms with Crippen LogP contribution in [0.3, 0.4) is 0 Å². The number of esters is 2. The number of hydrogen-bond donors (Lipinski definition) is 1. The van der Waals surface area contributed by atoms with Gasteiger partial charge in [0.2, 0.25) is 13.6 Å². The molecule has 0 spiro atoms. The van der Waals surface area contributed by atoms with Crippen LogP contribution < -0.4 is 11.2 Å². The minimum atomic E-state index is -4.36. The van der Waals surface area contributed by atoms with E-state index in [0.717, 1.165) is 16.5 Å². The molecule has 1 N–H and O–H groups in total. The van der Waals surface area contributed by atoms with Crippen molar-refractivity contribution in [3.05, 3.63) is 45.0 Å². The van der Waals surface area contributed by atoms with Gasteiger partial charge in [0, 0.05) is 37.3 Å². The number of carbonyl (C=O) groups is 2. The van der Waals surface area contributed by atoms with Crippen molar-refractivity contribution in [2.75, 3.05) is 27.3 Å². The predicted octanol–water partition coefficient (Wildman–Crippen LogP) is 4.94. The number of aromatic amines is 1. The largest absolute Gasteiger partial charge is 0.438 e. The normalized spacial score (nSPS) is 20.6. The van der Waals surface area contributed by atoms with E-state index in [2.05, 4.69) is 4.98 Å². The molecule has 2 rings (SSSR count). The fraction of sp³-hybridized carbons (Fsp3) is 0.719. The zero-order valence-electron chi connectivity index (χ0n) is 31.1. The van der Waals surface area contributed by atoms with E-state index in [9.17, 15) is 23.7 Å². The first-order chi connectivity index (χ1) is 23.6. The van der Waals surface area contributed by atoms with Gasteiger partial charge in [0.05, 0.1) is 29.9 Å². The first-order valence-electron chi connectivity index (χ1n) is 16.3. The van der Waals surface area contributed by atoms with Gasteiger partial charge in [-0.25, -0.2) is 9.46 Å². The highest BCUT2D eigenvalue weighted by atomic mass is 31.2. The highest BCUT2D eigenvalue weighted by molar-refractivity contribution is 7.57. The van der Waals surface area contributed by atoms with Gasteiger partial charge in [0.1, 0.15) is 18.3 Å². The Morgan fingerprint density at radius 3 is 2.04 bits per heavy atom. The molecule has 1 fully saturated rings. The molecule has 1 saturated heterocycles. The van der Waals surface area contributed by atoms with E-state index >= 15 is 0 Å². The van der Waals surface area contributed by atoms with E-state index in [1.807, 2.05) is 38.4 Å². The van der Waals surface area contributed by atoms with Crippen LogP contribution in [0.25, 0.3) is 0 Å². The van der Waals surface area contributed by atoms with Crippen molar-refractivity contribution < 1.29 is 51.2 Å². The van der Waals surface area contributed by atoms with E-state index in [0.29, 0.717) is 0 Å². The number of rotatable bonds is 18. The van der Waals surface area contributed by atoms with Gasteiger partial charge >= 0.3 is 25.2 Å². The minimum absolute atomic E-state index is 0.0597. The number of nitrogens with one attached hydrogen (secondary N) is 1. The summed E-state index contributed by atoms with van der Waals surface area (Å²) < 4.78 is 63.0. The van der Waals surface area contributed by atoms with Crippen molar-refractivity contribution in [3.63, 3.8) is 0 Å². The average molecular weight is 763 g/mol. The zero-order valence-corrected chi connectivity index (χ0v) is 32.9. The molecule has 51 heavy (non-hydrogen) atoms. The van der Waals surface area contributed by atoms with Crippen LogP contribution in [0.1, 0.15) is 81.9 Å². The maximum Gasteiger partial charge on any atom is 0.359 e. The molecule has 1 aliphatic heterocycles. The Labute approximate surface area is 300 Å². The summed E-state index contributed by atoms with van der Waals surface area (Å²) in [5.41, 5.74) is -3.17. The molecule has 0 radical (unpaired) electrons. The second-order valence-electron chi connectivity index (χ2n) is 14.1. The van der Waals surface area contributed by atoms with Crippen LogP contribution in [-0.4, -0.2) is 83.9 Å². The number of nitriles is 1. The Morgan fingerprint density at radius 2 is 1.59 bits per heavy atom. The first kappa shape index (κ1) is 44.4. The summed E-state index contributed by atoms with van der Waals surface area (Å²) in [5.74, 6) is -0.228. The van der Waals surface area contributed by atoms with E-state index in [4.69, 9.17) is 42.3 Å². The van der Waals surface area contributed by atoms with Gasteiger partial charge in [0.25, 0.3) is 14.1 Å². The summed E-state index contributed by atoms with van der Waals surface area (Å²) >= 11 is 0. The Morgan fingerprint density at radius 1 is 1.04 bits per heavy atom. The van der Waals surface area contributed by atoms with E-state index < -0.39 is 88.3 Å². The molecule has 0 bridgehead atoms. The lowest BCUT2D eigenvalue weighted by atomic mass is 9.98. The second-order valence-corrected chi connectivity index (χ2v) is 17.4. The van der Waals surface area contributed by atoms with Crippen molar-refractivity contribution in [2.45, 2.75) is 112 Å². The molecule has 1 unspecified atom stereocenters. The number of H-pyrrole nitrogens is 1. The van der Waals surface area contributed by atoms with E-state index in [1.165, 1.54) is 19.4 Å². The lowest BCUT2D eigenvalue weighted by Gasteiger charge is -2.38. The van der Waals surface area contributed by atoms with Gasteiger partial charge in [-0.15, -0.1) is 0 Å². The molecule has 1 aliphatic rings. The molecule has 2 heterocycles. The number of ether oxygens (including phenoxy) is 4. The molecule has 17 nitrogen and oxygen atoms in total. The van der Waals surface area contributed by atoms with Crippen LogP contribution in [0.15, 0.2) is 33.7 Å². The maximum absolute atomic E-state index is 14.0. The molecule has 0 amide bonds. The molecular weight excluding hydrogens is 710 g/mol. The Balaban J connectivity index is 2.59. The summed E-state index contributed by atoms with van der Waals surface area (Å²) in [6, 6.07) is 3.05.